The van der Waals surface area contributed by atoms with Crippen LogP contribution in [0.5, 0.6) is 5.75 Å². The quantitative estimate of drug-likeness (QED) is 0.420. The van der Waals surface area contributed by atoms with Crippen LogP contribution in [0, 0.1) is 17.1 Å². The van der Waals surface area contributed by atoms with Crippen molar-refractivity contribution in [2.24, 2.45) is 5.14 Å². The van der Waals surface area contributed by atoms with E-state index in [2.05, 4.69) is 5.32 Å². The predicted molar refractivity (Wildman–Crippen MR) is 117 cm³/mol. The maximum atomic E-state index is 13.7. The fourth-order valence-electron chi connectivity index (χ4n) is 2.68. The van der Waals surface area contributed by atoms with Gasteiger partial charge in [0, 0.05) is 11.3 Å². The van der Waals surface area contributed by atoms with Gasteiger partial charge in [-0.2, -0.15) is 5.26 Å². The lowest BCUT2D eigenvalue weighted by Crippen LogP contribution is -2.14. The molecule has 0 aliphatic carbocycles. The third-order valence-corrected chi connectivity index (χ3v) is 5.28. The predicted octanol–water partition coefficient (Wildman–Crippen LogP) is 3.60. The Hall–Kier alpha value is -4.00. The van der Waals surface area contributed by atoms with Crippen molar-refractivity contribution < 1.29 is 22.3 Å². The van der Waals surface area contributed by atoms with Gasteiger partial charge in [0.1, 0.15) is 29.8 Å². The minimum absolute atomic E-state index is 0.0674. The van der Waals surface area contributed by atoms with Gasteiger partial charge < -0.3 is 10.1 Å². The molecule has 0 fully saturated rings. The van der Waals surface area contributed by atoms with Crippen molar-refractivity contribution >= 4 is 27.7 Å². The van der Waals surface area contributed by atoms with E-state index < -0.39 is 15.9 Å². The van der Waals surface area contributed by atoms with Crippen molar-refractivity contribution in [3.8, 4) is 11.8 Å². The van der Waals surface area contributed by atoms with Crippen molar-refractivity contribution in [3.05, 3.63) is 95.3 Å². The van der Waals surface area contributed by atoms with Gasteiger partial charge in [-0.1, -0.05) is 30.3 Å². The number of carbonyl (C=O) groups is 1. The van der Waals surface area contributed by atoms with Crippen molar-refractivity contribution in [2.75, 3.05) is 5.32 Å². The molecule has 0 saturated heterocycles. The molecule has 0 atom stereocenters. The SMILES string of the molecule is N#C/C(=C\c1ccc(OCc2ccccc2F)cc1)C(=O)Nc1ccc(S(N)(=O)=O)cc1. The molecular weight excluding hydrogens is 433 g/mol. The summed E-state index contributed by atoms with van der Waals surface area (Å²) in [5.41, 5.74) is 1.16. The Balaban J connectivity index is 1.65. The molecule has 0 aliphatic rings. The van der Waals surface area contributed by atoms with Crippen LogP contribution in [0.2, 0.25) is 0 Å². The molecule has 7 nitrogen and oxygen atoms in total. The molecule has 0 radical (unpaired) electrons. The van der Waals surface area contributed by atoms with Gasteiger partial charge in [0.05, 0.1) is 4.90 Å². The molecule has 0 aromatic heterocycles. The lowest BCUT2D eigenvalue weighted by molar-refractivity contribution is -0.112. The Morgan fingerprint density at radius 1 is 1.06 bits per heavy atom. The van der Waals surface area contributed by atoms with Crippen LogP contribution in [0.1, 0.15) is 11.1 Å². The highest BCUT2D eigenvalue weighted by atomic mass is 32.2. The lowest BCUT2D eigenvalue weighted by Gasteiger charge is -2.08. The second kappa shape index (κ2) is 9.87. The van der Waals surface area contributed by atoms with E-state index in [0.29, 0.717) is 22.6 Å². The summed E-state index contributed by atoms with van der Waals surface area (Å²) >= 11 is 0. The van der Waals surface area contributed by atoms with Crippen LogP contribution < -0.4 is 15.2 Å². The average molecular weight is 451 g/mol. The minimum atomic E-state index is -3.84. The van der Waals surface area contributed by atoms with Crippen LogP contribution in [0.25, 0.3) is 6.08 Å². The Morgan fingerprint density at radius 3 is 2.31 bits per heavy atom. The summed E-state index contributed by atoms with van der Waals surface area (Å²) < 4.78 is 41.8. The van der Waals surface area contributed by atoms with E-state index in [4.69, 9.17) is 9.88 Å². The van der Waals surface area contributed by atoms with E-state index in [1.807, 2.05) is 6.07 Å². The summed E-state index contributed by atoms with van der Waals surface area (Å²) in [5.74, 6) is -0.505. The molecule has 0 spiro atoms. The first kappa shape index (κ1) is 22.7. The average Bonchev–Trinajstić information content (AvgIpc) is 2.77. The van der Waals surface area contributed by atoms with Crippen LogP contribution in [0.4, 0.5) is 10.1 Å². The number of anilines is 1. The monoisotopic (exact) mass is 451 g/mol. The minimum Gasteiger partial charge on any atom is -0.489 e. The number of ether oxygens (including phenoxy) is 1. The van der Waals surface area contributed by atoms with Gasteiger partial charge in [0.2, 0.25) is 10.0 Å². The number of primary sulfonamides is 1. The van der Waals surface area contributed by atoms with Crippen LogP contribution in [-0.4, -0.2) is 14.3 Å². The normalized spacial score (nSPS) is 11.5. The maximum absolute atomic E-state index is 13.7. The van der Waals surface area contributed by atoms with E-state index in [1.165, 1.54) is 36.4 Å². The van der Waals surface area contributed by atoms with Crippen molar-refractivity contribution in [1.82, 2.24) is 0 Å². The number of amides is 1. The highest BCUT2D eigenvalue weighted by molar-refractivity contribution is 7.89. The number of nitrogens with zero attached hydrogens (tertiary/aromatic N) is 1. The molecule has 1 amide bonds. The second-order valence-corrected chi connectivity index (χ2v) is 8.20. The zero-order valence-corrected chi connectivity index (χ0v) is 17.5. The molecule has 0 saturated carbocycles. The Kier molecular flexibility index (Phi) is 7.00. The van der Waals surface area contributed by atoms with E-state index >= 15 is 0 Å². The summed E-state index contributed by atoms with van der Waals surface area (Å²) in [6, 6.07) is 20.0. The summed E-state index contributed by atoms with van der Waals surface area (Å²) in [6.07, 6.45) is 1.40. The molecule has 3 aromatic rings. The first-order valence-corrected chi connectivity index (χ1v) is 10.8. The number of benzene rings is 3. The summed E-state index contributed by atoms with van der Waals surface area (Å²) in [4.78, 5) is 12.3. The number of rotatable bonds is 7. The molecule has 32 heavy (non-hydrogen) atoms. The molecule has 0 bridgehead atoms. The standard InChI is InChI=1S/C23H18FN3O4S/c24-22-4-2-1-3-17(22)15-31-20-9-5-16(6-10-20)13-18(14-25)23(28)27-19-7-11-21(12-8-19)32(26,29)30/h1-13H,15H2,(H,27,28)(H2,26,29,30)/b18-13+. The van der Waals surface area contributed by atoms with E-state index in [0.717, 1.165) is 0 Å². The Morgan fingerprint density at radius 2 is 1.72 bits per heavy atom. The third kappa shape index (κ3) is 6.01. The molecule has 9 heteroatoms. The van der Waals surface area contributed by atoms with Gasteiger partial charge in [-0.25, -0.2) is 17.9 Å². The maximum Gasteiger partial charge on any atom is 0.266 e. The zero-order valence-electron chi connectivity index (χ0n) is 16.7. The number of hydrogen-bond donors (Lipinski definition) is 2. The van der Waals surface area contributed by atoms with Gasteiger partial charge in [0.15, 0.2) is 0 Å². The molecule has 0 heterocycles. The highest BCUT2D eigenvalue weighted by Gasteiger charge is 2.11. The van der Waals surface area contributed by atoms with Crippen LogP contribution in [0.3, 0.4) is 0 Å². The zero-order chi connectivity index (χ0) is 23.1. The van der Waals surface area contributed by atoms with Crippen LogP contribution in [0.15, 0.2) is 83.3 Å². The first-order chi connectivity index (χ1) is 15.3. The van der Waals surface area contributed by atoms with Crippen molar-refractivity contribution in [1.29, 1.82) is 5.26 Å². The number of nitrogens with two attached hydrogens (primary N) is 1. The van der Waals surface area contributed by atoms with Gasteiger partial charge in [-0.05, 0) is 54.1 Å². The second-order valence-electron chi connectivity index (χ2n) is 6.64. The summed E-state index contributed by atoms with van der Waals surface area (Å²) in [5, 5.41) is 16.9. The summed E-state index contributed by atoms with van der Waals surface area (Å²) in [7, 11) is -3.84. The van der Waals surface area contributed by atoms with E-state index in [9.17, 15) is 22.9 Å². The molecule has 3 N–H and O–H groups in total. The number of nitrogens with one attached hydrogen (secondary N) is 1. The molecule has 162 valence electrons. The molecule has 3 aromatic carbocycles. The molecule has 0 unspecified atom stereocenters. The van der Waals surface area contributed by atoms with Gasteiger partial charge in [0.25, 0.3) is 5.91 Å². The third-order valence-electron chi connectivity index (χ3n) is 4.35. The fourth-order valence-corrected chi connectivity index (χ4v) is 3.19. The van der Waals surface area contributed by atoms with E-state index in [-0.39, 0.29) is 22.9 Å². The van der Waals surface area contributed by atoms with E-state index in [1.54, 1.807) is 42.5 Å². The first-order valence-electron chi connectivity index (χ1n) is 9.28. The smallest absolute Gasteiger partial charge is 0.266 e. The van der Waals surface area contributed by atoms with Crippen molar-refractivity contribution in [3.63, 3.8) is 0 Å². The number of halogens is 1. The molecular formula is C23H18FN3O4S. The largest absolute Gasteiger partial charge is 0.489 e. The van der Waals surface area contributed by atoms with Gasteiger partial charge in [-0.15, -0.1) is 0 Å². The fraction of sp³-hybridized carbons (Fsp3) is 0.0435. The van der Waals surface area contributed by atoms with Crippen LogP contribution >= 0.6 is 0 Å². The number of hydrogen-bond acceptors (Lipinski definition) is 5. The number of nitriles is 1. The van der Waals surface area contributed by atoms with Gasteiger partial charge in [-0.3, -0.25) is 4.79 Å². The summed E-state index contributed by atoms with van der Waals surface area (Å²) in [6.45, 7) is 0.0674. The van der Waals surface area contributed by atoms with Gasteiger partial charge >= 0.3 is 0 Å². The van der Waals surface area contributed by atoms with Crippen LogP contribution in [-0.2, 0) is 21.4 Å². The molecule has 3 rings (SSSR count). The molecule has 0 aliphatic heterocycles. The number of sulfonamides is 1. The Labute approximate surface area is 184 Å². The Bertz CT molecular complexity index is 1300. The number of carbonyl (C=O) groups excluding carboxylic acids is 1. The highest BCUT2D eigenvalue weighted by Crippen LogP contribution is 2.18. The van der Waals surface area contributed by atoms with Crippen molar-refractivity contribution in [2.45, 2.75) is 11.5 Å². The lowest BCUT2D eigenvalue weighted by atomic mass is 10.1. The topological polar surface area (TPSA) is 122 Å².